The van der Waals surface area contributed by atoms with Gasteiger partial charge in [-0.15, -0.1) is 0 Å². The van der Waals surface area contributed by atoms with E-state index in [2.05, 4.69) is 10.3 Å². The number of phenols is 1. The van der Waals surface area contributed by atoms with Gasteiger partial charge in [-0.05, 0) is 40.2 Å². The number of aliphatic imine (C=N–C) groups is 1. The Balaban J connectivity index is 2.19. The number of benzene rings is 2. The summed E-state index contributed by atoms with van der Waals surface area (Å²) in [5.41, 5.74) is -4.37. The van der Waals surface area contributed by atoms with Crippen LogP contribution in [-0.4, -0.2) is 23.0 Å². The van der Waals surface area contributed by atoms with Gasteiger partial charge >= 0.3 is 0 Å². The fraction of sp³-hybridized carbons (Fsp3) is 0.375. The summed E-state index contributed by atoms with van der Waals surface area (Å²) in [7, 11) is 0. The number of anilines is 1. The Kier molecular flexibility index (Phi) is 2.93. The average molecular weight is 402 g/mol. The number of fused-ring (bicyclic) bond motifs is 1. The van der Waals surface area contributed by atoms with Crippen LogP contribution in [-0.2, 0) is 15.6 Å². The van der Waals surface area contributed by atoms with Crippen molar-refractivity contribution in [3.8, 4) is 5.75 Å². The number of aromatic hydroxyl groups is 1. The quantitative estimate of drug-likeness (QED) is 0.684. The molecule has 0 radical (unpaired) electrons. The number of phenolic OH excluding ortho intramolecular Hbond substituents is 1. The summed E-state index contributed by atoms with van der Waals surface area (Å²) in [5, 5.41) is 13.5. The van der Waals surface area contributed by atoms with E-state index in [1.165, 1.54) is 12.3 Å². The molecule has 5 heteroatoms. The lowest BCUT2D eigenvalue weighted by Gasteiger charge is -2.29. The van der Waals surface area contributed by atoms with Gasteiger partial charge in [0.05, 0.1) is 5.69 Å². The molecule has 2 aromatic rings. The SMILES string of the molecule is [2H]C([2H])([2H])C(c1cc(C(C)(C)C)c(NC(=O)C2C=Nc3ccccc3C2=O)cc1O)(C([2H])([2H])[2H])C([2H])([2H])[2H]. The minimum Gasteiger partial charge on any atom is -0.508 e. The van der Waals surface area contributed by atoms with Crippen molar-refractivity contribution in [2.75, 3.05) is 5.32 Å². The molecule has 1 aliphatic heterocycles. The van der Waals surface area contributed by atoms with Crippen LogP contribution in [0.3, 0.4) is 0 Å². The fourth-order valence-electron chi connectivity index (χ4n) is 3.19. The van der Waals surface area contributed by atoms with Crippen LogP contribution in [0.25, 0.3) is 0 Å². The maximum Gasteiger partial charge on any atom is 0.240 e. The number of para-hydroxylation sites is 1. The van der Waals surface area contributed by atoms with Crippen molar-refractivity contribution >= 4 is 29.3 Å². The highest BCUT2D eigenvalue weighted by molar-refractivity contribution is 6.25. The molecule has 2 N–H and O–H groups in total. The van der Waals surface area contributed by atoms with Crippen molar-refractivity contribution in [3.05, 3.63) is 53.1 Å². The zero-order chi connectivity index (χ0) is 29.1. The van der Waals surface area contributed by atoms with Crippen LogP contribution in [0.1, 0.15) is 75.1 Å². The van der Waals surface area contributed by atoms with E-state index < -0.39 is 60.3 Å². The molecule has 0 saturated heterocycles. The highest BCUT2D eigenvalue weighted by Crippen LogP contribution is 2.40. The molecular formula is C24H28N2O3. The Morgan fingerprint density at radius 1 is 1.10 bits per heavy atom. The van der Waals surface area contributed by atoms with Crippen molar-refractivity contribution in [2.45, 2.75) is 52.2 Å². The molecule has 0 aliphatic carbocycles. The van der Waals surface area contributed by atoms with Crippen LogP contribution in [0.4, 0.5) is 11.4 Å². The number of carbonyl (C=O) groups excluding carboxylic acids is 2. The molecule has 1 heterocycles. The maximum absolute atomic E-state index is 13.2. The smallest absolute Gasteiger partial charge is 0.240 e. The van der Waals surface area contributed by atoms with Crippen LogP contribution in [0.5, 0.6) is 5.75 Å². The molecule has 29 heavy (non-hydrogen) atoms. The average Bonchev–Trinajstić information content (AvgIpc) is 2.72. The molecule has 152 valence electrons. The van der Waals surface area contributed by atoms with Gasteiger partial charge in [0.1, 0.15) is 11.7 Å². The largest absolute Gasteiger partial charge is 0.508 e. The van der Waals surface area contributed by atoms with E-state index in [9.17, 15) is 14.7 Å². The summed E-state index contributed by atoms with van der Waals surface area (Å²) >= 11 is 0. The Morgan fingerprint density at radius 2 is 1.79 bits per heavy atom. The monoisotopic (exact) mass is 401 g/mol. The molecule has 1 unspecified atom stereocenters. The first-order chi connectivity index (χ1) is 17.1. The van der Waals surface area contributed by atoms with Crippen LogP contribution in [0, 0.1) is 5.92 Å². The number of ketones is 1. The van der Waals surface area contributed by atoms with E-state index in [1.807, 2.05) is 0 Å². The Morgan fingerprint density at radius 3 is 2.45 bits per heavy atom. The minimum atomic E-state index is -3.58. The van der Waals surface area contributed by atoms with E-state index in [1.54, 1.807) is 39.0 Å². The molecule has 0 bridgehead atoms. The molecule has 1 atom stereocenters. The first-order valence-corrected chi connectivity index (χ1v) is 9.01. The number of nitrogens with one attached hydrogen (secondary N) is 1. The number of amides is 1. The van der Waals surface area contributed by atoms with Gasteiger partial charge in [0.15, 0.2) is 5.78 Å². The number of Topliss-reactive ketones (excluding diaryl/α,β-unsaturated/α-hetero) is 1. The van der Waals surface area contributed by atoms with E-state index >= 15 is 0 Å². The molecule has 1 aliphatic rings. The molecule has 0 saturated carbocycles. The van der Waals surface area contributed by atoms with Crippen molar-refractivity contribution < 1.29 is 27.0 Å². The predicted molar refractivity (Wildman–Crippen MR) is 117 cm³/mol. The van der Waals surface area contributed by atoms with Crippen molar-refractivity contribution in [3.63, 3.8) is 0 Å². The maximum atomic E-state index is 13.2. The topological polar surface area (TPSA) is 78.8 Å². The first-order valence-electron chi connectivity index (χ1n) is 13.5. The Labute approximate surface area is 184 Å². The van der Waals surface area contributed by atoms with E-state index in [0.29, 0.717) is 5.69 Å². The van der Waals surface area contributed by atoms with Gasteiger partial charge in [-0.25, -0.2) is 0 Å². The summed E-state index contributed by atoms with van der Waals surface area (Å²) in [6.07, 6.45) is 1.19. The lowest BCUT2D eigenvalue weighted by atomic mass is 9.79. The van der Waals surface area contributed by atoms with Crippen LogP contribution >= 0.6 is 0 Å². The van der Waals surface area contributed by atoms with E-state index in [4.69, 9.17) is 12.3 Å². The Bertz CT molecular complexity index is 1270. The van der Waals surface area contributed by atoms with E-state index in [-0.39, 0.29) is 16.8 Å². The van der Waals surface area contributed by atoms with Gasteiger partial charge < -0.3 is 10.4 Å². The number of hydrogen-bond acceptors (Lipinski definition) is 4. The lowest BCUT2D eigenvalue weighted by molar-refractivity contribution is -0.116. The second-order valence-electron chi connectivity index (χ2n) is 8.04. The second-order valence-corrected chi connectivity index (χ2v) is 8.04. The summed E-state index contributed by atoms with van der Waals surface area (Å²) in [5.74, 6) is -3.53. The van der Waals surface area contributed by atoms with Gasteiger partial charge in [0.2, 0.25) is 5.91 Å². The fourth-order valence-corrected chi connectivity index (χ4v) is 3.19. The molecule has 2 aromatic carbocycles. The third-order valence-electron chi connectivity index (χ3n) is 4.70. The van der Waals surface area contributed by atoms with Crippen LogP contribution in [0.2, 0.25) is 0 Å². The van der Waals surface area contributed by atoms with Crippen LogP contribution < -0.4 is 5.32 Å². The van der Waals surface area contributed by atoms with Gasteiger partial charge in [0, 0.05) is 35.9 Å². The molecular weight excluding hydrogens is 364 g/mol. The molecule has 0 fully saturated rings. The van der Waals surface area contributed by atoms with Crippen molar-refractivity contribution in [2.24, 2.45) is 10.9 Å². The summed E-state index contributed by atoms with van der Waals surface area (Å²) in [6, 6.07) is 8.41. The predicted octanol–water partition coefficient (Wildman–Crippen LogP) is 5.14. The van der Waals surface area contributed by atoms with Gasteiger partial charge in [-0.3, -0.25) is 14.6 Å². The molecule has 1 amide bonds. The van der Waals surface area contributed by atoms with Gasteiger partial charge in [-0.1, -0.05) is 53.5 Å². The van der Waals surface area contributed by atoms with Crippen molar-refractivity contribution in [1.29, 1.82) is 0 Å². The molecule has 5 nitrogen and oxygen atoms in total. The number of rotatable bonds is 2. The van der Waals surface area contributed by atoms with Gasteiger partial charge in [0.25, 0.3) is 0 Å². The summed E-state index contributed by atoms with van der Waals surface area (Å²) < 4.78 is 71.7. The Hall–Kier alpha value is -2.95. The summed E-state index contributed by atoms with van der Waals surface area (Å²) in [6.45, 7) is -5.74. The second kappa shape index (κ2) is 7.14. The third-order valence-corrected chi connectivity index (χ3v) is 4.70. The third kappa shape index (κ3) is 4.09. The lowest BCUT2D eigenvalue weighted by Crippen LogP contribution is -2.33. The number of hydrogen-bond donors (Lipinski definition) is 2. The minimum absolute atomic E-state index is 0.0423. The van der Waals surface area contributed by atoms with Gasteiger partial charge in [-0.2, -0.15) is 0 Å². The summed E-state index contributed by atoms with van der Waals surface area (Å²) in [4.78, 5) is 30.2. The highest BCUT2D eigenvalue weighted by Gasteiger charge is 2.32. The van der Waals surface area contributed by atoms with Crippen LogP contribution in [0.15, 0.2) is 41.4 Å². The zero-order valence-electron chi connectivity index (χ0n) is 25.3. The molecule has 0 spiro atoms. The highest BCUT2D eigenvalue weighted by atomic mass is 16.3. The van der Waals surface area contributed by atoms with E-state index in [0.717, 1.165) is 12.1 Å². The normalized spacial score (nSPS) is 22.4. The standard InChI is InChI=1S/C24H28N2O3/c1-23(2,3)16-11-17(24(4,5)6)20(27)12-19(16)26-22(29)15-13-25-18-10-8-7-9-14(18)21(15)28/h7-13,15,27H,1-6H3,(H,26,29)/i4D3,5D3,6D3. The molecule has 0 aromatic heterocycles. The first kappa shape index (κ1) is 11.9. The van der Waals surface area contributed by atoms with Crippen molar-refractivity contribution in [1.82, 2.24) is 0 Å². The molecule has 3 rings (SSSR count). The number of nitrogens with zero attached hydrogens (tertiary/aromatic N) is 1. The zero-order valence-corrected chi connectivity index (χ0v) is 16.3. The number of carbonyl (C=O) groups is 2.